The van der Waals surface area contributed by atoms with Crippen LogP contribution < -0.4 is 15.0 Å². The first-order valence-electron chi connectivity index (χ1n) is 17.4. The van der Waals surface area contributed by atoms with E-state index in [-0.39, 0.29) is 30.6 Å². The van der Waals surface area contributed by atoms with Crippen LogP contribution in [0.25, 0.3) is 11.1 Å². The number of alkyl carbamates (subject to hydrolysis) is 1. The zero-order chi connectivity index (χ0) is 33.3. The number of aliphatic hydroxyl groups excluding tert-OH is 1. The Hall–Kier alpha value is -3.85. The van der Waals surface area contributed by atoms with Crippen molar-refractivity contribution in [2.75, 3.05) is 31.7 Å². The quantitative estimate of drug-likeness (QED) is 0.199. The summed E-state index contributed by atoms with van der Waals surface area (Å²) in [6.07, 6.45) is 10.9. The molecule has 9 nitrogen and oxygen atoms in total. The lowest BCUT2D eigenvalue weighted by atomic mass is 9.78. The number of rotatable bonds is 12. The minimum atomic E-state index is -0.451. The number of benzene rings is 2. The SMILES string of the molecule is COc1ccc([C@H]2CC[C@H](CN(c3cccc(-c4cnn(C(C)C)c4)c3)C(=O)[C@H]3CC[C@H](OC(=O)NCCCO)CC3)CC2)cc1C. The molecule has 2 aromatic carbocycles. The zero-order valence-corrected chi connectivity index (χ0v) is 28.5. The molecular formula is C38H52N4O5. The van der Waals surface area contributed by atoms with Gasteiger partial charge in [0.1, 0.15) is 11.9 Å². The number of hydrogen-bond donors (Lipinski definition) is 2. The van der Waals surface area contributed by atoms with Crippen LogP contribution in [0, 0.1) is 18.8 Å². The van der Waals surface area contributed by atoms with Crippen LogP contribution in [0.15, 0.2) is 54.9 Å². The number of carbonyl (C=O) groups excluding carboxylic acids is 2. The highest BCUT2D eigenvalue weighted by molar-refractivity contribution is 5.95. The summed E-state index contributed by atoms with van der Waals surface area (Å²) >= 11 is 0. The standard InChI is InChI=1S/C38H52N4O5/c1-26(2)42-25-33(23-40-42)31-7-5-8-34(22-31)41(37(44)30-13-16-35(17-14-30)47-38(45)39-19-6-20-43)24-28-9-11-29(12-10-28)32-15-18-36(46-4)27(3)21-32/h5,7-8,15,18,21-23,25-26,28-30,35,43H,6,9-14,16-17,19-20,24H2,1-4H3,(H,39,45)/t28-,29-,30-,35-. The minimum Gasteiger partial charge on any atom is -0.496 e. The van der Waals surface area contributed by atoms with Gasteiger partial charge in [-0.15, -0.1) is 0 Å². The van der Waals surface area contributed by atoms with Gasteiger partial charge in [0, 0.05) is 49.1 Å². The molecule has 5 rings (SSSR count). The molecule has 2 aliphatic carbocycles. The normalized spacial score (nSPS) is 21.3. The van der Waals surface area contributed by atoms with E-state index in [0.29, 0.717) is 57.0 Å². The number of aliphatic hydroxyl groups is 1. The van der Waals surface area contributed by atoms with E-state index in [4.69, 9.17) is 14.6 Å². The molecule has 2 N–H and O–H groups in total. The van der Waals surface area contributed by atoms with Crippen LogP contribution in [0.3, 0.4) is 0 Å². The van der Waals surface area contributed by atoms with E-state index in [1.54, 1.807) is 7.11 Å². The molecule has 0 aliphatic heterocycles. The third-order valence-corrected chi connectivity index (χ3v) is 9.97. The van der Waals surface area contributed by atoms with Gasteiger partial charge in [-0.2, -0.15) is 5.10 Å². The van der Waals surface area contributed by atoms with E-state index in [2.05, 4.69) is 73.8 Å². The van der Waals surface area contributed by atoms with Crippen LogP contribution >= 0.6 is 0 Å². The van der Waals surface area contributed by atoms with E-state index < -0.39 is 6.09 Å². The summed E-state index contributed by atoms with van der Waals surface area (Å²) in [5, 5.41) is 16.2. The van der Waals surface area contributed by atoms with Crippen molar-refractivity contribution in [2.24, 2.45) is 11.8 Å². The van der Waals surface area contributed by atoms with Gasteiger partial charge in [-0.05, 0) is 125 Å². The highest BCUT2D eigenvalue weighted by atomic mass is 16.6. The van der Waals surface area contributed by atoms with Gasteiger partial charge in [0.2, 0.25) is 5.91 Å². The Labute approximate surface area is 279 Å². The summed E-state index contributed by atoms with van der Waals surface area (Å²) in [5.74, 6) is 1.93. The Bertz CT molecular complexity index is 1470. The fraction of sp³-hybridized carbons (Fsp3) is 0.553. The van der Waals surface area contributed by atoms with Crippen LogP contribution in [-0.2, 0) is 9.53 Å². The number of methoxy groups -OCH3 is 1. The molecule has 47 heavy (non-hydrogen) atoms. The first-order chi connectivity index (χ1) is 22.7. The topological polar surface area (TPSA) is 106 Å². The summed E-state index contributed by atoms with van der Waals surface area (Å²) in [6, 6.07) is 15.2. The molecule has 1 aromatic heterocycles. The molecule has 0 radical (unpaired) electrons. The number of aryl methyl sites for hydroxylation is 1. The Balaban J connectivity index is 1.28. The molecule has 0 bridgehead atoms. The summed E-state index contributed by atoms with van der Waals surface area (Å²) < 4.78 is 13.0. The Morgan fingerprint density at radius 2 is 1.79 bits per heavy atom. The third kappa shape index (κ3) is 8.95. The molecule has 254 valence electrons. The van der Waals surface area contributed by atoms with Crippen molar-refractivity contribution in [3.63, 3.8) is 0 Å². The molecule has 2 saturated carbocycles. The van der Waals surface area contributed by atoms with Gasteiger partial charge < -0.3 is 24.8 Å². The number of ether oxygens (including phenoxy) is 2. The van der Waals surface area contributed by atoms with Gasteiger partial charge in [-0.25, -0.2) is 4.79 Å². The molecule has 1 heterocycles. The summed E-state index contributed by atoms with van der Waals surface area (Å²) in [4.78, 5) is 28.6. The number of hydrogen-bond acceptors (Lipinski definition) is 6. The molecule has 2 fully saturated rings. The number of carbonyl (C=O) groups is 2. The maximum absolute atomic E-state index is 14.4. The van der Waals surface area contributed by atoms with Gasteiger partial charge in [-0.1, -0.05) is 24.3 Å². The fourth-order valence-corrected chi connectivity index (χ4v) is 7.15. The van der Waals surface area contributed by atoms with Gasteiger partial charge in [-0.3, -0.25) is 9.48 Å². The lowest BCUT2D eigenvalue weighted by molar-refractivity contribution is -0.124. The van der Waals surface area contributed by atoms with Crippen molar-refractivity contribution in [2.45, 2.75) is 96.6 Å². The predicted octanol–water partition coefficient (Wildman–Crippen LogP) is 7.42. The van der Waals surface area contributed by atoms with Crippen LogP contribution in [0.5, 0.6) is 5.75 Å². The average Bonchev–Trinajstić information content (AvgIpc) is 3.59. The van der Waals surface area contributed by atoms with Crippen LogP contribution in [0.1, 0.15) is 94.7 Å². The Morgan fingerprint density at radius 3 is 2.45 bits per heavy atom. The van der Waals surface area contributed by atoms with E-state index >= 15 is 0 Å². The van der Waals surface area contributed by atoms with Crippen molar-refractivity contribution >= 4 is 17.7 Å². The molecule has 0 atom stereocenters. The second-order valence-corrected chi connectivity index (χ2v) is 13.6. The number of nitrogens with zero attached hydrogens (tertiary/aromatic N) is 3. The maximum Gasteiger partial charge on any atom is 0.407 e. The molecule has 9 heteroatoms. The zero-order valence-electron chi connectivity index (χ0n) is 28.5. The molecular weight excluding hydrogens is 592 g/mol. The fourth-order valence-electron chi connectivity index (χ4n) is 7.15. The molecule has 0 unspecified atom stereocenters. The number of aromatic nitrogens is 2. The van der Waals surface area contributed by atoms with Crippen molar-refractivity contribution in [1.29, 1.82) is 0 Å². The molecule has 2 aliphatic rings. The second-order valence-electron chi connectivity index (χ2n) is 13.6. The number of nitrogens with one attached hydrogen (secondary N) is 1. The first kappa shape index (κ1) is 34.5. The number of amides is 2. The Kier molecular flexibility index (Phi) is 12.0. The minimum absolute atomic E-state index is 0.0261. The Morgan fingerprint density at radius 1 is 1.02 bits per heavy atom. The largest absolute Gasteiger partial charge is 0.496 e. The molecule has 0 spiro atoms. The summed E-state index contributed by atoms with van der Waals surface area (Å²) in [6.45, 7) is 7.44. The first-order valence-corrected chi connectivity index (χ1v) is 17.4. The number of anilines is 1. The lowest BCUT2D eigenvalue weighted by Crippen LogP contribution is -2.42. The third-order valence-electron chi connectivity index (χ3n) is 9.97. The van der Waals surface area contributed by atoms with E-state index in [1.165, 1.54) is 11.1 Å². The second kappa shape index (κ2) is 16.3. The van der Waals surface area contributed by atoms with Gasteiger partial charge in [0.05, 0.1) is 13.3 Å². The van der Waals surface area contributed by atoms with Gasteiger partial charge >= 0.3 is 6.09 Å². The van der Waals surface area contributed by atoms with E-state index in [0.717, 1.165) is 48.2 Å². The average molecular weight is 645 g/mol. The van der Waals surface area contributed by atoms with Crippen molar-refractivity contribution in [1.82, 2.24) is 15.1 Å². The van der Waals surface area contributed by atoms with Gasteiger partial charge in [0.25, 0.3) is 0 Å². The summed E-state index contributed by atoms with van der Waals surface area (Å²) in [7, 11) is 1.72. The highest BCUT2D eigenvalue weighted by Gasteiger charge is 2.34. The smallest absolute Gasteiger partial charge is 0.407 e. The predicted molar refractivity (Wildman–Crippen MR) is 185 cm³/mol. The van der Waals surface area contributed by atoms with Crippen molar-refractivity contribution in [3.05, 3.63) is 66.0 Å². The molecule has 3 aromatic rings. The summed E-state index contributed by atoms with van der Waals surface area (Å²) in [5.41, 5.74) is 5.57. The lowest BCUT2D eigenvalue weighted by Gasteiger charge is -2.36. The van der Waals surface area contributed by atoms with E-state index in [9.17, 15) is 9.59 Å². The van der Waals surface area contributed by atoms with Crippen LogP contribution in [0.2, 0.25) is 0 Å². The van der Waals surface area contributed by atoms with Crippen LogP contribution in [-0.4, -0.2) is 59.8 Å². The highest BCUT2D eigenvalue weighted by Crippen LogP contribution is 2.39. The molecule has 2 amide bonds. The van der Waals surface area contributed by atoms with Gasteiger partial charge in [0.15, 0.2) is 0 Å². The maximum atomic E-state index is 14.4. The monoisotopic (exact) mass is 644 g/mol. The van der Waals surface area contributed by atoms with Crippen molar-refractivity contribution < 1.29 is 24.2 Å². The van der Waals surface area contributed by atoms with Crippen molar-refractivity contribution in [3.8, 4) is 16.9 Å². The molecule has 0 saturated heterocycles. The van der Waals surface area contributed by atoms with Crippen LogP contribution in [0.4, 0.5) is 10.5 Å². The van der Waals surface area contributed by atoms with E-state index in [1.807, 2.05) is 21.8 Å².